The topological polar surface area (TPSA) is 53.4 Å². The quantitative estimate of drug-likeness (QED) is 0.826. The third-order valence-electron chi connectivity index (χ3n) is 3.04. The number of likely N-dealkylation sites (tertiary alicyclic amines) is 1. The molecule has 1 fully saturated rings. The van der Waals surface area contributed by atoms with Gasteiger partial charge in [0.1, 0.15) is 5.03 Å². The van der Waals surface area contributed by atoms with Gasteiger partial charge >= 0.3 is 0 Å². The van der Waals surface area contributed by atoms with Gasteiger partial charge in [-0.3, -0.25) is 4.79 Å². The third-order valence-corrected chi connectivity index (χ3v) is 3.76. The monoisotopic (exact) mass is 252 g/mol. The molecule has 0 saturated carbocycles. The first-order valence-corrected chi connectivity index (χ1v) is 6.91. The number of aromatic nitrogens is 1. The lowest BCUT2D eigenvalue weighted by molar-refractivity contribution is 0.0673. The van der Waals surface area contributed by atoms with Crippen molar-refractivity contribution in [2.75, 3.05) is 19.4 Å². The molecule has 1 N–H and O–H groups in total. The summed E-state index contributed by atoms with van der Waals surface area (Å²) in [6.07, 6.45) is 5.45. The van der Waals surface area contributed by atoms with Crippen molar-refractivity contribution in [2.24, 2.45) is 0 Å². The summed E-state index contributed by atoms with van der Waals surface area (Å²) in [7, 11) is 0. The van der Waals surface area contributed by atoms with Crippen molar-refractivity contribution in [1.82, 2.24) is 9.88 Å². The number of aliphatic hydroxyl groups excluding tert-OH is 1. The van der Waals surface area contributed by atoms with Crippen molar-refractivity contribution >= 4 is 17.7 Å². The number of carbonyl (C=O) groups excluding carboxylic acids is 1. The summed E-state index contributed by atoms with van der Waals surface area (Å²) >= 11 is 1.47. The van der Waals surface area contributed by atoms with Crippen LogP contribution in [-0.4, -0.2) is 46.3 Å². The number of pyridine rings is 1. The Morgan fingerprint density at radius 3 is 3.24 bits per heavy atom. The van der Waals surface area contributed by atoms with Gasteiger partial charge < -0.3 is 10.0 Å². The average Bonchev–Trinajstić information content (AvgIpc) is 2.86. The smallest absolute Gasteiger partial charge is 0.256 e. The van der Waals surface area contributed by atoms with Crippen LogP contribution >= 0.6 is 11.8 Å². The normalized spacial score (nSPS) is 19.6. The predicted octanol–water partition coefficient (Wildman–Crippen LogP) is 1.40. The van der Waals surface area contributed by atoms with E-state index in [0.29, 0.717) is 5.56 Å². The van der Waals surface area contributed by atoms with Crippen LogP contribution in [0.2, 0.25) is 0 Å². The average molecular weight is 252 g/mol. The molecule has 17 heavy (non-hydrogen) atoms. The van der Waals surface area contributed by atoms with E-state index >= 15 is 0 Å². The molecule has 2 heterocycles. The molecule has 2 rings (SSSR count). The zero-order valence-corrected chi connectivity index (χ0v) is 10.6. The summed E-state index contributed by atoms with van der Waals surface area (Å²) in [5, 5.41) is 10.00. The molecule has 1 aromatic rings. The molecule has 0 aromatic carbocycles. The van der Waals surface area contributed by atoms with Crippen molar-refractivity contribution in [2.45, 2.75) is 23.9 Å². The summed E-state index contributed by atoms with van der Waals surface area (Å²) < 4.78 is 0. The molecule has 1 aliphatic rings. The summed E-state index contributed by atoms with van der Waals surface area (Å²) in [4.78, 5) is 18.3. The van der Waals surface area contributed by atoms with Crippen molar-refractivity contribution in [3.05, 3.63) is 23.9 Å². The summed E-state index contributed by atoms with van der Waals surface area (Å²) in [5.74, 6) is -0.0148. The largest absolute Gasteiger partial charge is 0.394 e. The highest BCUT2D eigenvalue weighted by molar-refractivity contribution is 7.98. The molecule has 1 amide bonds. The number of nitrogens with zero attached hydrogens (tertiary/aromatic N) is 2. The second-order valence-corrected chi connectivity index (χ2v) is 4.83. The van der Waals surface area contributed by atoms with Gasteiger partial charge in [-0.05, 0) is 31.2 Å². The van der Waals surface area contributed by atoms with Gasteiger partial charge in [-0.25, -0.2) is 4.98 Å². The fourth-order valence-corrected chi connectivity index (χ4v) is 2.71. The first-order valence-electron chi connectivity index (χ1n) is 5.68. The minimum atomic E-state index is -0.0302. The zero-order chi connectivity index (χ0) is 12.3. The van der Waals surface area contributed by atoms with E-state index in [1.807, 2.05) is 6.26 Å². The van der Waals surface area contributed by atoms with E-state index in [1.54, 1.807) is 23.2 Å². The predicted molar refractivity (Wildman–Crippen MR) is 67.2 cm³/mol. The van der Waals surface area contributed by atoms with Gasteiger partial charge in [0.2, 0.25) is 0 Å². The van der Waals surface area contributed by atoms with Crippen molar-refractivity contribution in [3.8, 4) is 0 Å². The first kappa shape index (κ1) is 12.4. The molecule has 1 atom stereocenters. The van der Waals surface area contributed by atoms with Crippen LogP contribution < -0.4 is 0 Å². The SMILES string of the molecule is CSc1ncccc1C(=O)N1CCC[C@@H]1CO. The van der Waals surface area contributed by atoms with Crippen LogP contribution in [0.15, 0.2) is 23.4 Å². The molecule has 0 radical (unpaired) electrons. The highest BCUT2D eigenvalue weighted by Crippen LogP contribution is 2.23. The number of carbonyl (C=O) groups is 1. The maximum Gasteiger partial charge on any atom is 0.256 e. The molecule has 0 spiro atoms. The van der Waals surface area contributed by atoms with Gasteiger partial charge in [0.15, 0.2) is 0 Å². The van der Waals surface area contributed by atoms with Crippen molar-refractivity contribution in [3.63, 3.8) is 0 Å². The standard InChI is InChI=1S/C12H16N2O2S/c1-17-11-10(5-2-6-13-11)12(16)14-7-3-4-9(14)8-15/h2,5-6,9,15H,3-4,7-8H2,1H3/t9-/m1/s1. The molecule has 1 aliphatic heterocycles. The Morgan fingerprint density at radius 2 is 2.53 bits per heavy atom. The number of amides is 1. The van der Waals surface area contributed by atoms with E-state index in [-0.39, 0.29) is 18.6 Å². The number of hydrogen-bond donors (Lipinski definition) is 1. The summed E-state index contributed by atoms with van der Waals surface area (Å²) in [5.41, 5.74) is 0.639. The van der Waals surface area contributed by atoms with E-state index in [0.717, 1.165) is 24.4 Å². The Balaban J connectivity index is 2.24. The lowest BCUT2D eigenvalue weighted by Gasteiger charge is -2.23. The molecule has 1 aromatic heterocycles. The molecule has 92 valence electrons. The Morgan fingerprint density at radius 1 is 1.71 bits per heavy atom. The van der Waals surface area contributed by atoms with Gasteiger partial charge in [-0.2, -0.15) is 0 Å². The molecule has 0 aliphatic carbocycles. The number of hydrogen-bond acceptors (Lipinski definition) is 4. The molecular weight excluding hydrogens is 236 g/mol. The highest BCUT2D eigenvalue weighted by atomic mass is 32.2. The molecule has 0 bridgehead atoms. The van der Waals surface area contributed by atoms with Crippen molar-refractivity contribution < 1.29 is 9.90 Å². The fraction of sp³-hybridized carbons (Fsp3) is 0.500. The van der Waals surface area contributed by atoms with Gasteiger partial charge in [0.25, 0.3) is 5.91 Å². The van der Waals surface area contributed by atoms with E-state index in [2.05, 4.69) is 4.98 Å². The molecule has 1 saturated heterocycles. The van der Waals surface area contributed by atoms with Crippen LogP contribution in [0.5, 0.6) is 0 Å². The Bertz CT molecular complexity index is 411. The molecule has 5 heteroatoms. The first-order chi connectivity index (χ1) is 8.27. The number of rotatable bonds is 3. The Hall–Kier alpha value is -1.07. The summed E-state index contributed by atoms with van der Waals surface area (Å²) in [6, 6.07) is 3.54. The highest BCUT2D eigenvalue weighted by Gasteiger charge is 2.29. The van der Waals surface area contributed by atoms with E-state index in [9.17, 15) is 9.90 Å². The van der Waals surface area contributed by atoms with E-state index < -0.39 is 0 Å². The van der Waals surface area contributed by atoms with Crippen LogP contribution in [0.4, 0.5) is 0 Å². The number of aliphatic hydroxyl groups is 1. The Labute approximate surface area is 105 Å². The van der Waals surface area contributed by atoms with Crippen LogP contribution in [0, 0.1) is 0 Å². The van der Waals surface area contributed by atoms with E-state index in [4.69, 9.17) is 0 Å². The van der Waals surface area contributed by atoms with Crippen LogP contribution in [0.3, 0.4) is 0 Å². The molecular formula is C12H16N2O2S. The molecule has 4 nitrogen and oxygen atoms in total. The maximum absolute atomic E-state index is 12.4. The number of thioether (sulfide) groups is 1. The maximum atomic E-state index is 12.4. The van der Waals surface area contributed by atoms with Gasteiger partial charge in [-0.15, -0.1) is 11.8 Å². The van der Waals surface area contributed by atoms with Gasteiger partial charge in [0, 0.05) is 12.7 Å². The fourth-order valence-electron chi connectivity index (χ4n) is 2.16. The van der Waals surface area contributed by atoms with Crippen LogP contribution in [-0.2, 0) is 0 Å². The molecule has 0 unspecified atom stereocenters. The zero-order valence-electron chi connectivity index (χ0n) is 9.80. The second-order valence-electron chi connectivity index (χ2n) is 4.04. The third kappa shape index (κ3) is 2.45. The Kier molecular flexibility index (Phi) is 4.02. The minimum absolute atomic E-state index is 0.0148. The lowest BCUT2D eigenvalue weighted by atomic mass is 10.2. The van der Waals surface area contributed by atoms with Crippen molar-refractivity contribution in [1.29, 1.82) is 0 Å². The minimum Gasteiger partial charge on any atom is -0.394 e. The second kappa shape index (κ2) is 5.51. The van der Waals surface area contributed by atoms with E-state index in [1.165, 1.54) is 11.8 Å². The lowest BCUT2D eigenvalue weighted by Crippen LogP contribution is -2.37. The van der Waals surface area contributed by atoms with Crippen LogP contribution in [0.25, 0.3) is 0 Å². The van der Waals surface area contributed by atoms with Gasteiger partial charge in [0.05, 0.1) is 18.2 Å². The van der Waals surface area contributed by atoms with Gasteiger partial charge in [-0.1, -0.05) is 0 Å². The van der Waals surface area contributed by atoms with Crippen LogP contribution in [0.1, 0.15) is 23.2 Å². The summed E-state index contributed by atoms with van der Waals surface area (Å²) in [6.45, 7) is 0.771.